The van der Waals surface area contributed by atoms with Crippen molar-refractivity contribution in [1.82, 2.24) is 0 Å². The molecule has 0 saturated carbocycles. The van der Waals surface area contributed by atoms with Gasteiger partial charge in [0.05, 0.1) is 11.5 Å². The summed E-state index contributed by atoms with van der Waals surface area (Å²) in [6.45, 7) is 5.61. The van der Waals surface area contributed by atoms with Crippen molar-refractivity contribution in [3.63, 3.8) is 0 Å². The van der Waals surface area contributed by atoms with Crippen molar-refractivity contribution in [2.24, 2.45) is 17.8 Å². The fourth-order valence-corrected chi connectivity index (χ4v) is 4.69. The van der Waals surface area contributed by atoms with Crippen LogP contribution >= 0.6 is 0 Å². The number of rotatable bonds is 2. The third-order valence-electron chi connectivity index (χ3n) is 6.00. The third-order valence-corrected chi connectivity index (χ3v) is 6.00. The van der Waals surface area contributed by atoms with Gasteiger partial charge in [-0.1, -0.05) is 36.3 Å². The number of carbonyl (C=O) groups is 3. The zero-order valence-corrected chi connectivity index (χ0v) is 15.6. The standard InChI is InChI=1S/C22H22O5/c1-11-9-15(23)17-12(2)10-16(26-22(25)14-7-5-4-6-8-14)19-13(3)21(24)27-20(19)18(11)17/h4-9,13,16,18-20H,10H2,1-3H3/t13?,16-,18?,19?,20+/m0/s1. The summed E-state index contributed by atoms with van der Waals surface area (Å²) in [6, 6.07) is 8.80. The predicted molar refractivity (Wildman–Crippen MR) is 97.8 cm³/mol. The van der Waals surface area contributed by atoms with Gasteiger partial charge >= 0.3 is 11.9 Å². The molecular weight excluding hydrogens is 344 g/mol. The molecule has 140 valence electrons. The predicted octanol–water partition coefficient (Wildman–Crippen LogP) is 3.26. The number of carbonyl (C=O) groups excluding carboxylic acids is 3. The van der Waals surface area contributed by atoms with Gasteiger partial charge in [-0.25, -0.2) is 4.79 Å². The van der Waals surface area contributed by atoms with Crippen LogP contribution < -0.4 is 0 Å². The van der Waals surface area contributed by atoms with E-state index in [-0.39, 0.29) is 29.5 Å². The van der Waals surface area contributed by atoms with E-state index in [0.29, 0.717) is 17.6 Å². The maximum atomic E-state index is 12.6. The number of fused-ring (bicyclic) bond motifs is 3. The van der Waals surface area contributed by atoms with Gasteiger partial charge in [0.2, 0.25) is 0 Å². The first kappa shape index (κ1) is 17.7. The molecule has 1 aliphatic heterocycles. The van der Waals surface area contributed by atoms with Gasteiger partial charge in [-0.05, 0) is 32.1 Å². The highest BCUT2D eigenvalue weighted by Gasteiger charge is 2.55. The average Bonchev–Trinajstić information content (AvgIpc) is 3.05. The number of hydrogen-bond acceptors (Lipinski definition) is 5. The fraction of sp³-hybridized carbons (Fsp3) is 0.409. The van der Waals surface area contributed by atoms with Crippen LogP contribution in [-0.2, 0) is 19.1 Å². The molecule has 1 heterocycles. The molecule has 2 aliphatic carbocycles. The summed E-state index contributed by atoms with van der Waals surface area (Å²) in [7, 11) is 0. The molecule has 1 fully saturated rings. The van der Waals surface area contributed by atoms with E-state index >= 15 is 0 Å². The van der Waals surface area contributed by atoms with Crippen molar-refractivity contribution in [1.29, 1.82) is 0 Å². The maximum absolute atomic E-state index is 12.6. The summed E-state index contributed by atoms with van der Waals surface area (Å²) in [4.78, 5) is 37.5. The zero-order valence-electron chi connectivity index (χ0n) is 15.6. The van der Waals surface area contributed by atoms with Crippen molar-refractivity contribution < 1.29 is 23.9 Å². The Morgan fingerprint density at radius 2 is 1.85 bits per heavy atom. The molecule has 1 aromatic carbocycles. The quantitative estimate of drug-likeness (QED) is 0.752. The van der Waals surface area contributed by atoms with Crippen molar-refractivity contribution in [2.45, 2.75) is 39.4 Å². The summed E-state index contributed by atoms with van der Waals surface area (Å²) in [5, 5.41) is 0. The van der Waals surface area contributed by atoms with E-state index in [2.05, 4.69) is 0 Å². The second-order valence-electron chi connectivity index (χ2n) is 7.71. The van der Waals surface area contributed by atoms with Crippen molar-refractivity contribution in [2.75, 3.05) is 0 Å². The monoisotopic (exact) mass is 366 g/mol. The van der Waals surface area contributed by atoms with Crippen LogP contribution in [-0.4, -0.2) is 29.9 Å². The molecule has 0 radical (unpaired) electrons. The van der Waals surface area contributed by atoms with Gasteiger partial charge in [0.15, 0.2) is 5.78 Å². The van der Waals surface area contributed by atoms with Gasteiger partial charge in [-0.3, -0.25) is 9.59 Å². The van der Waals surface area contributed by atoms with Crippen LogP contribution in [0.2, 0.25) is 0 Å². The summed E-state index contributed by atoms with van der Waals surface area (Å²) < 4.78 is 11.6. The van der Waals surface area contributed by atoms with E-state index in [9.17, 15) is 14.4 Å². The molecule has 5 heteroatoms. The minimum atomic E-state index is -0.511. The van der Waals surface area contributed by atoms with Crippen molar-refractivity contribution >= 4 is 17.7 Å². The van der Waals surface area contributed by atoms with Crippen molar-refractivity contribution in [3.8, 4) is 0 Å². The smallest absolute Gasteiger partial charge is 0.338 e. The van der Waals surface area contributed by atoms with Gasteiger partial charge in [0.25, 0.3) is 0 Å². The second-order valence-corrected chi connectivity index (χ2v) is 7.71. The molecule has 0 N–H and O–H groups in total. The van der Waals surface area contributed by atoms with Crippen LogP contribution in [0.25, 0.3) is 0 Å². The Morgan fingerprint density at radius 3 is 2.56 bits per heavy atom. The molecule has 0 amide bonds. The molecule has 3 aliphatic rings. The first-order valence-electron chi connectivity index (χ1n) is 9.27. The normalized spacial score (nSPS) is 32.4. The number of benzene rings is 1. The Labute approximate surface area is 158 Å². The SMILES string of the molecule is CC1=CC(=O)C2=C(C)C[C@H](OC(=O)c3ccccc3)C3C(C)C(=O)O[C@@H]3C12. The lowest BCUT2D eigenvalue weighted by Crippen LogP contribution is -2.38. The Balaban J connectivity index is 1.71. The highest BCUT2D eigenvalue weighted by molar-refractivity contribution is 6.09. The molecule has 27 heavy (non-hydrogen) atoms. The molecule has 4 rings (SSSR count). The largest absolute Gasteiger partial charge is 0.461 e. The van der Waals surface area contributed by atoms with Crippen LogP contribution in [0.3, 0.4) is 0 Å². The Kier molecular flexibility index (Phi) is 4.25. The zero-order chi connectivity index (χ0) is 19.3. The van der Waals surface area contributed by atoms with Crippen LogP contribution in [0.1, 0.15) is 37.6 Å². The number of allylic oxidation sites excluding steroid dienone is 1. The van der Waals surface area contributed by atoms with E-state index in [0.717, 1.165) is 11.1 Å². The summed E-state index contributed by atoms with van der Waals surface area (Å²) in [6.07, 6.45) is 1.08. The minimum absolute atomic E-state index is 0.0283. The lowest BCUT2D eigenvalue weighted by Gasteiger charge is -2.29. The summed E-state index contributed by atoms with van der Waals surface area (Å²) >= 11 is 0. The molecule has 5 nitrogen and oxygen atoms in total. The summed E-state index contributed by atoms with van der Waals surface area (Å²) in [5.41, 5.74) is 2.97. The first-order valence-corrected chi connectivity index (χ1v) is 9.27. The molecule has 5 atom stereocenters. The van der Waals surface area contributed by atoms with Crippen LogP contribution in [0.4, 0.5) is 0 Å². The van der Waals surface area contributed by atoms with E-state index in [1.165, 1.54) is 0 Å². The average molecular weight is 366 g/mol. The number of hydrogen-bond donors (Lipinski definition) is 0. The van der Waals surface area contributed by atoms with Gasteiger partial charge in [0, 0.05) is 23.8 Å². The fourth-order valence-electron chi connectivity index (χ4n) is 4.69. The highest BCUT2D eigenvalue weighted by Crippen LogP contribution is 2.48. The van der Waals surface area contributed by atoms with Crippen LogP contribution in [0, 0.1) is 17.8 Å². The molecule has 1 aromatic rings. The minimum Gasteiger partial charge on any atom is -0.461 e. The number of esters is 2. The highest BCUT2D eigenvalue weighted by atomic mass is 16.6. The lowest BCUT2D eigenvalue weighted by molar-refractivity contribution is -0.144. The van der Waals surface area contributed by atoms with E-state index < -0.39 is 18.2 Å². The topological polar surface area (TPSA) is 69.7 Å². The second kappa shape index (κ2) is 6.48. The maximum Gasteiger partial charge on any atom is 0.338 e. The lowest BCUT2D eigenvalue weighted by atomic mass is 9.79. The molecular formula is C22H22O5. The number of ether oxygens (including phenoxy) is 2. The van der Waals surface area contributed by atoms with E-state index in [1.807, 2.05) is 26.8 Å². The molecule has 0 spiro atoms. The van der Waals surface area contributed by atoms with Crippen LogP contribution in [0.5, 0.6) is 0 Å². The first-order chi connectivity index (χ1) is 12.9. The molecule has 0 bridgehead atoms. The summed E-state index contributed by atoms with van der Waals surface area (Å²) in [5.74, 6) is -1.65. The van der Waals surface area contributed by atoms with Gasteiger partial charge < -0.3 is 9.47 Å². The third kappa shape index (κ3) is 2.82. The van der Waals surface area contributed by atoms with Gasteiger partial charge in [-0.2, -0.15) is 0 Å². The molecule has 0 aromatic heterocycles. The van der Waals surface area contributed by atoms with Gasteiger partial charge in [0.1, 0.15) is 12.2 Å². The van der Waals surface area contributed by atoms with E-state index in [1.54, 1.807) is 30.3 Å². The Bertz CT molecular complexity index is 879. The van der Waals surface area contributed by atoms with Crippen LogP contribution in [0.15, 0.2) is 53.1 Å². The van der Waals surface area contributed by atoms with Gasteiger partial charge in [-0.15, -0.1) is 0 Å². The van der Waals surface area contributed by atoms with E-state index in [4.69, 9.17) is 9.47 Å². The Hall–Kier alpha value is -2.69. The molecule has 1 saturated heterocycles. The Morgan fingerprint density at radius 1 is 1.15 bits per heavy atom. The number of ketones is 1. The van der Waals surface area contributed by atoms with Crippen molar-refractivity contribution in [3.05, 3.63) is 58.7 Å². The molecule has 3 unspecified atom stereocenters.